The second kappa shape index (κ2) is 5.30. The van der Waals surface area contributed by atoms with Crippen LogP contribution in [0.2, 0.25) is 0 Å². The molecule has 1 aliphatic heterocycles. The molecule has 0 saturated heterocycles. The molecule has 1 saturated carbocycles. The van der Waals surface area contributed by atoms with Crippen LogP contribution in [-0.2, 0) is 4.79 Å². The van der Waals surface area contributed by atoms with Crippen molar-refractivity contribution in [3.8, 4) is 17.2 Å². The van der Waals surface area contributed by atoms with E-state index in [-0.39, 0.29) is 35.2 Å². The van der Waals surface area contributed by atoms with Crippen LogP contribution in [0.4, 0.5) is 0 Å². The van der Waals surface area contributed by atoms with Gasteiger partial charge in [-0.3, -0.25) is 4.79 Å². The fraction of sp³-hybridized carbons (Fsp3) is 0.316. The first-order chi connectivity index (χ1) is 11.1. The number of fused-ring (bicyclic) bond motifs is 3. The highest BCUT2D eigenvalue weighted by molar-refractivity contribution is 5.80. The van der Waals surface area contributed by atoms with Crippen molar-refractivity contribution in [1.82, 2.24) is 0 Å². The minimum absolute atomic E-state index is 0.0749. The van der Waals surface area contributed by atoms with Crippen molar-refractivity contribution in [3.05, 3.63) is 53.6 Å². The van der Waals surface area contributed by atoms with E-state index in [2.05, 4.69) is 0 Å². The van der Waals surface area contributed by atoms with Gasteiger partial charge in [-0.2, -0.15) is 0 Å². The molecule has 1 aliphatic carbocycles. The van der Waals surface area contributed by atoms with E-state index in [1.807, 2.05) is 12.1 Å². The maximum absolute atomic E-state index is 12.0. The minimum Gasteiger partial charge on any atom is -0.508 e. The number of carbonyl (C=O) groups is 1. The van der Waals surface area contributed by atoms with Crippen molar-refractivity contribution >= 4 is 5.78 Å². The van der Waals surface area contributed by atoms with Gasteiger partial charge in [-0.05, 0) is 42.3 Å². The average Bonchev–Trinajstić information content (AvgIpc) is 2.55. The summed E-state index contributed by atoms with van der Waals surface area (Å²) in [5.74, 6) is 1.71. The molecule has 4 nitrogen and oxygen atoms in total. The Labute approximate surface area is 134 Å². The molecule has 0 radical (unpaired) electrons. The van der Waals surface area contributed by atoms with Crippen molar-refractivity contribution < 1.29 is 19.7 Å². The fourth-order valence-electron chi connectivity index (χ4n) is 3.87. The molecule has 4 heteroatoms. The van der Waals surface area contributed by atoms with E-state index >= 15 is 0 Å². The molecule has 1 heterocycles. The largest absolute Gasteiger partial charge is 0.508 e. The van der Waals surface area contributed by atoms with Crippen LogP contribution in [-0.4, -0.2) is 16.0 Å². The fourth-order valence-corrected chi connectivity index (χ4v) is 3.87. The lowest BCUT2D eigenvalue weighted by Gasteiger charge is -2.42. The highest BCUT2D eigenvalue weighted by atomic mass is 16.5. The van der Waals surface area contributed by atoms with Gasteiger partial charge in [-0.1, -0.05) is 12.1 Å². The van der Waals surface area contributed by atoms with E-state index < -0.39 is 0 Å². The average molecular weight is 310 g/mol. The molecule has 1 fully saturated rings. The van der Waals surface area contributed by atoms with Gasteiger partial charge in [0.2, 0.25) is 0 Å². The summed E-state index contributed by atoms with van der Waals surface area (Å²) < 4.78 is 6.21. The topological polar surface area (TPSA) is 66.8 Å². The molecule has 3 unspecified atom stereocenters. The number of carbonyl (C=O) groups excluding carboxylic acids is 1. The predicted molar refractivity (Wildman–Crippen MR) is 84.7 cm³/mol. The molecule has 2 aromatic rings. The summed E-state index contributed by atoms with van der Waals surface area (Å²) in [6, 6.07) is 12.2. The highest BCUT2D eigenvalue weighted by Gasteiger charge is 2.42. The third-order valence-electron chi connectivity index (χ3n) is 4.98. The van der Waals surface area contributed by atoms with Crippen LogP contribution < -0.4 is 4.74 Å². The summed E-state index contributed by atoms with van der Waals surface area (Å²) in [5, 5.41) is 19.3. The molecule has 2 N–H and O–H groups in total. The first kappa shape index (κ1) is 14.1. The van der Waals surface area contributed by atoms with Gasteiger partial charge in [-0.25, -0.2) is 0 Å². The predicted octanol–water partition coefficient (Wildman–Crippen LogP) is 3.68. The molecular weight excluding hydrogens is 292 g/mol. The van der Waals surface area contributed by atoms with Crippen LogP contribution in [0.3, 0.4) is 0 Å². The molecule has 2 aliphatic rings. The van der Waals surface area contributed by atoms with Crippen LogP contribution in [0, 0.1) is 5.92 Å². The molecule has 2 aromatic carbocycles. The Morgan fingerprint density at radius 2 is 1.74 bits per heavy atom. The minimum atomic E-state index is -0.134. The molecule has 0 bridgehead atoms. The van der Waals surface area contributed by atoms with Crippen molar-refractivity contribution in [2.45, 2.75) is 31.3 Å². The Kier molecular flexibility index (Phi) is 3.26. The zero-order valence-electron chi connectivity index (χ0n) is 12.6. The lowest BCUT2D eigenvalue weighted by atomic mass is 9.69. The number of ether oxygens (including phenoxy) is 1. The first-order valence-electron chi connectivity index (χ1n) is 7.92. The van der Waals surface area contributed by atoms with Crippen molar-refractivity contribution in [2.24, 2.45) is 5.92 Å². The van der Waals surface area contributed by atoms with Gasteiger partial charge in [-0.15, -0.1) is 0 Å². The quantitative estimate of drug-likeness (QED) is 0.843. The van der Waals surface area contributed by atoms with Gasteiger partial charge >= 0.3 is 0 Å². The van der Waals surface area contributed by atoms with Gasteiger partial charge < -0.3 is 14.9 Å². The van der Waals surface area contributed by atoms with E-state index in [9.17, 15) is 15.0 Å². The van der Waals surface area contributed by atoms with Crippen LogP contribution in [0.5, 0.6) is 17.2 Å². The first-order valence-corrected chi connectivity index (χ1v) is 7.92. The molecule has 0 amide bonds. The molecule has 3 atom stereocenters. The number of Topliss-reactive ketones (excluding diaryl/α,β-unsaturated/α-hetero) is 1. The maximum atomic E-state index is 12.0. The number of benzene rings is 2. The second-order valence-corrected chi connectivity index (χ2v) is 6.40. The number of aromatic hydroxyl groups is 2. The Hall–Kier alpha value is -2.49. The summed E-state index contributed by atoms with van der Waals surface area (Å²) in [6.07, 6.45) is 1.72. The zero-order chi connectivity index (χ0) is 16.0. The summed E-state index contributed by atoms with van der Waals surface area (Å²) in [6.45, 7) is 0. The monoisotopic (exact) mass is 310 g/mol. The van der Waals surface area contributed by atoms with Crippen molar-refractivity contribution in [3.63, 3.8) is 0 Å². The molecule has 0 aromatic heterocycles. The lowest BCUT2D eigenvalue weighted by Crippen LogP contribution is -2.34. The van der Waals surface area contributed by atoms with Crippen LogP contribution in [0.1, 0.15) is 42.4 Å². The van der Waals surface area contributed by atoms with Gasteiger partial charge in [0.25, 0.3) is 0 Å². The number of rotatable bonds is 1. The summed E-state index contributed by atoms with van der Waals surface area (Å²) in [4.78, 5) is 12.0. The molecule has 118 valence electrons. The zero-order valence-corrected chi connectivity index (χ0v) is 12.6. The number of hydrogen-bond acceptors (Lipinski definition) is 4. The van der Waals surface area contributed by atoms with Gasteiger partial charge in [0.15, 0.2) is 0 Å². The van der Waals surface area contributed by atoms with Crippen LogP contribution in [0.25, 0.3) is 0 Å². The molecule has 0 spiro atoms. The smallest absolute Gasteiger partial charge is 0.133 e. The lowest BCUT2D eigenvalue weighted by molar-refractivity contribution is -0.122. The molecule has 4 rings (SSSR count). The Morgan fingerprint density at radius 3 is 2.52 bits per heavy atom. The standard InChI is InChI=1S/C19H18O4/c20-12-3-1-11(2-4-12)19-15-7-5-13(21)9-16(15)17-10-14(22)6-8-18(17)23-19/h1-4,6,8,10,15-16,19-20,22H,5,7,9H2. The van der Waals surface area contributed by atoms with Crippen LogP contribution in [0.15, 0.2) is 42.5 Å². The van der Waals surface area contributed by atoms with E-state index in [1.54, 1.807) is 30.3 Å². The third-order valence-corrected chi connectivity index (χ3v) is 4.98. The normalized spacial score (nSPS) is 26.1. The SMILES string of the molecule is O=C1CCC2C(C1)c1cc(O)ccc1OC2c1ccc(O)cc1. The number of ketones is 1. The van der Waals surface area contributed by atoms with Gasteiger partial charge in [0, 0.05) is 30.2 Å². The highest BCUT2D eigenvalue weighted by Crippen LogP contribution is 2.52. The number of phenolic OH excluding ortho intramolecular Hbond substituents is 2. The Balaban J connectivity index is 1.78. The molecular formula is C19H18O4. The second-order valence-electron chi connectivity index (χ2n) is 6.40. The van der Waals surface area contributed by atoms with E-state index in [1.165, 1.54) is 0 Å². The summed E-state index contributed by atoms with van der Waals surface area (Å²) in [5.41, 5.74) is 1.93. The van der Waals surface area contributed by atoms with E-state index in [0.29, 0.717) is 12.8 Å². The van der Waals surface area contributed by atoms with Crippen molar-refractivity contribution in [2.75, 3.05) is 0 Å². The molecule has 23 heavy (non-hydrogen) atoms. The maximum Gasteiger partial charge on any atom is 0.133 e. The number of hydrogen-bond donors (Lipinski definition) is 2. The summed E-state index contributed by atoms with van der Waals surface area (Å²) in [7, 11) is 0. The van der Waals surface area contributed by atoms with E-state index in [0.717, 1.165) is 23.3 Å². The third kappa shape index (κ3) is 2.44. The van der Waals surface area contributed by atoms with Crippen molar-refractivity contribution in [1.29, 1.82) is 0 Å². The Morgan fingerprint density at radius 1 is 1.00 bits per heavy atom. The van der Waals surface area contributed by atoms with Crippen LogP contribution >= 0.6 is 0 Å². The Bertz CT molecular complexity index is 750. The summed E-state index contributed by atoms with van der Waals surface area (Å²) >= 11 is 0. The van der Waals surface area contributed by atoms with Gasteiger partial charge in [0.1, 0.15) is 29.1 Å². The van der Waals surface area contributed by atoms with Gasteiger partial charge in [0.05, 0.1) is 0 Å². The number of phenols is 2. The van der Waals surface area contributed by atoms with E-state index in [4.69, 9.17) is 4.74 Å².